The van der Waals surface area contributed by atoms with E-state index in [1.807, 2.05) is 0 Å². The van der Waals surface area contributed by atoms with E-state index in [1.54, 1.807) is 12.1 Å². The lowest BCUT2D eigenvalue weighted by Gasteiger charge is -2.09. The molecule has 0 amide bonds. The van der Waals surface area contributed by atoms with Crippen LogP contribution in [0.25, 0.3) is 0 Å². The molecule has 0 aliphatic carbocycles. The number of carbonyl (C=O) groups excluding carboxylic acids is 1. The number of hydrogen-bond acceptors (Lipinski definition) is 1. The number of hydrogen-bond donors (Lipinski definition) is 0. The molecular weight excluding hydrogens is 167 g/mol. The van der Waals surface area contributed by atoms with Crippen LogP contribution in [0.5, 0.6) is 0 Å². The molecule has 0 fully saturated rings. The molecule has 1 aromatic carbocycles. The SMILES string of the molecule is CCC(C)c1ccc(F)c(C=O)c1. The van der Waals surface area contributed by atoms with Crippen LogP contribution in [0.15, 0.2) is 18.2 Å². The first-order chi connectivity index (χ1) is 6.19. The summed E-state index contributed by atoms with van der Waals surface area (Å²) in [6.07, 6.45) is 1.55. The van der Waals surface area contributed by atoms with E-state index in [2.05, 4.69) is 13.8 Å². The molecule has 1 atom stereocenters. The van der Waals surface area contributed by atoms with Gasteiger partial charge in [0.25, 0.3) is 0 Å². The van der Waals surface area contributed by atoms with Gasteiger partial charge in [-0.05, 0) is 30.0 Å². The number of carbonyl (C=O) groups is 1. The lowest BCUT2D eigenvalue weighted by Crippen LogP contribution is -1.95. The van der Waals surface area contributed by atoms with Crippen LogP contribution in [0.4, 0.5) is 4.39 Å². The minimum atomic E-state index is -0.443. The fourth-order valence-corrected chi connectivity index (χ4v) is 1.19. The van der Waals surface area contributed by atoms with Gasteiger partial charge in [-0.1, -0.05) is 19.9 Å². The molecule has 2 heteroatoms. The van der Waals surface area contributed by atoms with Crippen LogP contribution in [-0.4, -0.2) is 6.29 Å². The molecule has 1 unspecified atom stereocenters. The highest BCUT2D eigenvalue weighted by molar-refractivity contribution is 5.75. The number of halogens is 1. The van der Waals surface area contributed by atoms with E-state index >= 15 is 0 Å². The highest BCUT2D eigenvalue weighted by Crippen LogP contribution is 2.20. The molecule has 1 nitrogen and oxygen atoms in total. The molecule has 1 aromatic rings. The average molecular weight is 180 g/mol. The van der Waals surface area contributed by atoms with Gasteiger partial charge in [-0.25, -0.2) is 4.39 Å². The van der Waals surface area contributed by atoms with E-state index < -0.39 is 5.82 Å². The Morgan fingerprint density at radius 1 is 1.54 bits per heavy atom. The topological polar surface area (TPSA) is 17.1 Å². The molecule has 0 aliphatic rings. The van der Waals surface area contributed by atoms with Crippen LogP contribution in [0.2, 0.25) is 0 Å². The molecule has 0 heterocycles. The van der Waals surface area contributed by atoms with Crippen molar-refractivity contribution < 1.29 is 9.18 Å². The van der Waals surface area contributed by atoms with Crippen molar-refractivity contribution in [3.63, 3.8) is 0 Å². The first-order valence-electron chi connectivity index (χ1n) is 4.43. The van der Waals surface area contributed by atoms with Gasteiger partial charge < -0.3 is 0 Å². The maximum Gasteiger partial charge on any atom is 0.153 e. The van der Waals surface area contributed by atoms with Crippen molar-refractivity contribution in [2.45, 2.75) is 26.2 Å². The summed E-state index contributed by atoms with van der Waals surface area (Å²) in [7, 11) is 0. The van der Waals surface area contributed by atoms with E-state index in [0.29, 0.717) is 12.2 Å². The lowest BCUT2D eigenvalue weighted by molar-refractivity contribution is 0.111. The molecule has 0 spiro atoms. The third-order valence-electron chi connectivity index (χ3n) is 2.33. The summed E-state index contributed by atoms with van der Waals surface area (Å²) >= 11 is 0. The quantitative estimate of drug-likeness (QED) is 0.653. The molecule has 0 saturated heterocycles. The summed E-state index contributed by atoms with van der Waals surface area (Å²) in [6, 6.07) is 4.71. The Kier molecular flexibility index (Phi) is 3.18. The van der Waals surface area contributed by atoms with Gasteiger partial charge in [0.05, 0.1) is 5.56 Å². The summed E-state index contributed by atoms with van der Waals surface area (Å²) in [6.45, 7) is 4.12. The number of rotatable bonds is 3. The zero-order chi connectivity index (χ0) is 9.84. The number of benzene rings is 1. The fraction of sp³-hybridized carbons (Fsp3) is 0.364. The molecule has 0 N–H and O–H groups in total. The van der Waals surface area contributed by atoms with Crippen LogP contribution in [0.1, 0.15) is 42.1 Å². The van der Waals surface area contributed by atoms with Crippen LogP contribution >= 0.6 is 0 Å². The second-order valence-corrected chi connectivity index (χ2v) is 3.21. The molecule has 0 aromatic heterocycles. The average Bonchev–Trinajstić information content (AvgIpc) is 2.17. The Morgan fingerprint density at radius 2 is 2.23 bits per heavy atom. The zero-order valence-corrected chi connectivity index (χ0v) is 7.88. The van der Waals surface area contributed by atoms with Crippen molar-refractivity contribution in [3.05, 3.63) is 35.1 Å². The van der Waals surface area contributed by atoms with Crippen LogP contribution in [0, 0.1) is 5.82 Å². The summed E-state index contributed by atoms with van der Waals surface area (Å²) in [5.74, 6) is -0.0682. The van der Waals surface area contributed by atoms with Gasteiger partial charge in [0.1, 0.15) is 5.82 Å². The molecule has 0 radical (unpaired) electrons. The summed E-state index contributed by atoms with van der Waals surface area (Å²) in [5, 5.41) is 0. The first kappa shape index (κ1) is 9.90. The largest absolute Gasteiger partial charge is 0.298 e. The Labute approximate surface area is 77.6 Å². The van der Waals surface area contributed by atoms with Crippen molar-refractivity contribution in [1.29, 1.82) is 0 Å². The molecule has 0 saturated carbocycles. The predicted molar refractivity (Wildman–Crippen MR) is 50.5 cm³/mol. The number of aldehydes is 1. The van der Waals surface area contributed by atoms with E-state index in [0.717, 1.165) is 12.0 Å². The van der Waals surface area contributed by atoms with Gasteiger partial charge >= 0.3 is 0 Å². The molecular formula is C11H13FO. The maximum atomic E-state index is 12.9. The standard InChI is InChI=1S/C11H13FO/c1-3-8(2)9-4-5-11(12)10(6-9)7-13/h4-8H,3H2,1-2H3. The maximum absolute atomic E-state index is 12.9. The Hall–Kier alpha value is -1.18. The fourth-order valence-electron chi connectivity index (χ4n) is 1.19. The van der Waals surface area contributed by atoms with Crippen LogP contribution in [-0.2, 0) is 0 Å². The van der Waals surface area contributed by atoms with Gasteiger partial charge in [0.2, 0.25) is 0 Å². The second kappa shape index (κ2) is 4.17. The van der Waals surface area contributed by atoms with Gasteiger partial charge in [-0.2, -0.15) is 0 Å². The molecule has 13 heavy (non-hydrogen) atoms. The molecule has 70 valence electrons. The van der Waals surface area contributed by atoms with E-state index in [9.17, 15) is 9.18 Å². The van der Waals surface area contributed by atoms with Crippen molar-refractivity contribution in [3.8, 4) is 0 Å². The third-order valence-corrected chi connectivity index (χ3v) is 2.33. The van der Waals surface area contributed by atoms with E-state index in [-0.39, 0.29) is 5.56 Å². The minimum absolute atomic E-state index is 0.151. The van der Waals surface area contributed by atoms with Crippen LogP contribution < -0.4 is 0 Å². The molecule has 0 bridgehead atoms. The van der Waals surface area contributed by atoms with Crippen molar-refractivity contribution >= 4 is 6.29 Å². The summed E-state index contributed by atoms with van der Waals surface area (Å²) < 4.78 is 12.9. The van der Waals surface area contributed by atoms with Crippen molar-refractivity contribution in [1.82, 2.24) is 0 Å². The smallest absolute Gasteiger partial charge is 0.153 e. The van der Waals surface area contributed by atoms with E-state index in [4.69, 9.17) is 0 Å². The molecule has 1 rings (SSSR count). The van der Waals surface area contributed by atoms with Gasteiger partial charge in [-0.15, -0.1) is 0 Å². The zero-order valence-electron chi connectivity index (χ0n) is 7.88. The van der Waals surface area contributed by atoms with Crippen molar-refractivity contribution in [2.75, 3.05) is 0 Å². The predicted octanol–water partition coefficient (Wildman–Crippen LogP) is 3.15. The Bertz CT molecular complexity index is 307. The monoisotopic (exact) mass is 180 g/mol. The first-order valence-corrected chi connectivity index (χ1v) is 4.43. The highest BCUT2D eigenvalue weighted by Gasteiger charge is 2.06. The molecule has 0 aliphatic heterocycles. The van der Waals surface area contributed by atoms with Gasteiger partial charge in [0.15, 0.2) is 6.29 Å². The highest BCUT2D eigenvalue weighted by atomic mass is 19.1. The lowest BCUT2D eigenvalue weighted by atomic mass is 9.97. The van der Waals surface area contributed by atoms with Gasteiger partial charge in [-0.3, -0.25) is 4.79 Å². The van der Waals surface area contributed by atoms with Gasteiger partial charge in [0, 0.05) is 0 Å². The second-order valence-electron chi connectivity index (χ2n) is 3.21. The summed E-state index contributed by atoms with van der Waals surface area (Å²) in [4.78, 5) is 10.5. The van der Waals surface area contributed by atoms with E-state index in [1.165, 1.54) is 6.07 Å². The minimum Gasteiger partial charge on any atom is -0.298 e. The Balaban J connectivity index is 3.05. The normalized spacial score (nSPS) is 12.5. The van der Waals surface area contributed by atoms with Crippen LogP contribution in [0.3, 0.4) is 0 Å². The summed E-state index contributed by atoms with van der Waals surface area (Å²) in [5.41, 5.74) is 1.17. The Morgan fingerprint density at radius 3 is 2.77 bits per heavy atom. The third kappa shape index (κ3) is 2.14. The van der Waals surface area contributed by atoms with Crippen molar-refractivity contribution in [2.24, 2.45) is 0 Å².